The maximum absolute atomic E-state index is 12.7. The number of carbonyl (C=O) groups excluding carboxylic acids is 1. The topological polar surface area (TPSA) is 51.5 Å². The van der Waals surface area contributed by atoms with Gasteiger partial charge in [-0.15, -0.1) is 0 Å². The Kier molecular flexibility index (Phi) is 8.73. The van der Waals surface area contributed by atoms with Crippen LogP contribution in [0.5, 0.6) is 0 Å². The SMILES string of the molecule is Cc1oc(-c2ccccc2)cc1C(=O)NCc1ccc(C[N+](C)(C)C2CCOCC2)cc1.[I-]. The molecule has 4 rings (SSSR count). The molecule has 0 radical (unpaired) electrons. The molecule has 0 aliphatic carbocycles. The number of hydrogen-bond donors (Lipinski definition) is 1. The maximum Gasteiger partial charge on any atom is 0.255 e. The molecule has 2 heterocycles. The number of quaternary nitrogens is 1. The molecule has 1 fully saturated rings. The third-order valence-corrected chi connectivity index (χ3v) is 6.47. The normalized spacial score (nSPS) is 14.5. The predicted octanol–water partition coefficient (Wildman–Crippen LogP) is 1.94. The summed E-state index contributed by atoms with van der Waals surface area (Å²) in [5, 5.41) is 3.02. The van der Waals surface area contributed by atoms with Crippen LogP contribution in [0.25, 0.3) is 11.3 Å². The fraction of sp³-hybridized carbons (Fsp3) is 0.370. The summed E-state index contributed by atoms with van der Waals surface area (Å²) in [4.78, 5) is 12.7. The van der Waals surface area contributed by atoms with Crippen LogP contribution < -0.4 is 29.3 Å². The van der Waals surface area contributed by atoms with Gasteiger partial charge in [0, 0.05) is 30.5 Å². The lowest BCUT2D eigenvalue weighted by atomic mass is 10.0. The van der Waals surface area contributed by atoms with E-state index in [-0.39, 0.29) is 29.9 Å². The van der Waals surface area contributed by atoms with Crippen LogP contribution in [0.4, 0.5) is 0 Å². The molecule has 0 bridgehead atoms. The van der Waals surface area contributed by atoms with E-state index < -0.39 is 0 Å². The van der Waals surface area contributed by atoms with E-state index in [9.17, 15) is 4.79 Å². The van der Waals surface area contributed by atoms with Crippen molar-refractivity contribution in [2.45, 2.75) is 38.9 Å². The van der Waals surface area contributed by atoms with Crippen molar-refractivity contribution in [2.24, 2.45) is 0 Å². The molecule has 0 atom stereocenters. The fourth-order valence-corrected chi connectivity index (χ4v) is 4.48. The average Bonchev–Trinajstić information content (AvgIpc) is 3.21. The summed E-state index contributed by atoms with van der Waals surface area (Å²) in [6, 6.07) is 20.9. The van der Waals surface area contributed by atoms with Crippen LogP contribution in [0.2, 0.25) is 0 Å². The Morgan fingerprint density at radius 1 is 1.00 bits per heavy atom. The molecule has 1 saturated heterocycles. The minimum absolute atomic E-state index is 0. The summed E-state index contributed by atoms with van der Waals surface area (Å²) in [6.07, 6.45) is 2.24. The van der Waals surface area contributed by atoms with Crippen molar-refractivity contribution >= 4 is 5.91 Å². The zero-order valence-electron chi connectivity index (χ0n) is 19.6. The first-order valence-electron chi connectivity index (χ1n) is 11.3. The second-order valence-electron chi connectivity index (χ2n) is 9.23. The number of rotatable bonds is 7. The van der Waals surface area contributed by atoms with Crippen molar-refractivity contribution in [1.29, 1.82) is 0 Å². The lowest BCUT2D eigenvalue weighted by molar-refractivity contribution is -0.929. The van der Waals surface area contributed by atoms with Crippen molar-refractivity contribution in [1.82, 2.24) is 5.32 Å². The van der Waals surface area contributed by atoms with Gasteiger partial charge in [0.2, 0.25) is 0 Å². The molecule has 0 spiro atoms. The van der Waals surface area contributed by atoms with Crippen molar-refractivity contribution in [3.63, 3.8) is 0 Å². The number of amides is 1. The van der Waals surface area contributed by atoms with Crippen molar-refractivity contribution < 1.29 is 42.4 Å². The molecule has 1 aliphatic rings. The van der Waals surface area contributed by atoms with E-state index in [1.165, 1.54) is 5.56 Å². The van der Waals surface area contributed by atoms with Gasteiger partial charge in [0.1, 0.15) is 18.1 Å². The first kappa shape index (κ1) is 25.5. The van der Waals surface area contributed by atoms with Gasteiger partial charge in [-0.3, -0.25) is 4.79 Å². The molecule has 3 aromatic rings. The second kappa shape index (κ2) is 11.3. The quantitative estimate of drug-likeness (QED) is 0.355. The number of furan rings is 1. The largest absolute Gasteiger partial charge is 1.00 e. The average molecular weight is 560 g/mol. The first-order chi connectivity index (χ1) is 15.4. The van der Waals surface area contributed by atoms with Crippen LogP contribution in [-0.4, -0.2) is 43.7 Å². The summed E-state index contributed by atoms with van der Waals surface area (Å²) in [7, 11) is 4.61. The van der Waals surface area contributed by atoms with Gasteiger partial charge in [-0.25, -0.2) is 0 Å². The monoisotopic (exact) mass is 560 g/mol. The highest BCUT2D eigenvalue weighted by Gasteiger charge is 2.30. The Morgan fingerprint density at radius 2 is 1.64 bits per heavy atom. The van der Waals surface area contributed by atoms with Gasteiger partial charge >= 0.3 is 0 Å². The summed E-state index contributed by atoms with van der Waals surface area (Å²) in [5.41, 5.74) is 3.95. The number of aryl methyl sites for hydroxylation is 1. The smallest absolute Gasteiger partial charge is 0.255 e. The second-order valence-corrected chi connectivity index (χ2v) is 9.23. The Labute approximate surface area is 213 Å². The molecule has 0 saturated carbocycles. The molecular weight excluding hydrogens is 527 g/mol. The summed E-state index contributed by atoms with van der Waals surface area (Å²) in [5.74, 6) is 1.22. The Morgan fingerprint density at radius 3 is 2.30 bits per heavy atom. The fourth-order valence-electron chi connectivity index (χ4n) is 4.48. The molecule has 6 heteroatoms. The van der Waals surface area contributed by atoms with E-state index in [4.69, 9.17) is 9.15 Å². The van der Waals surface area contributed by atoms with E-state index >= 15 is 0 Å². The van der Waals surface area contributed by atoms with Gasteiger partial charge in [-0.05, 0) is 18.6 Å². The van der Waals surface area contributed by atoms with E-state index in [0.717, 1.165) is 48.2 Å². The lowest BCUT2D eigenvalue weighted by Gasteiger charge is -2.40. The highest BCUT2D eigenvalue weighted by atomic mass is 127. The molecule has 176 valence electrons. The van der Waals surface area contributed by atoms with Gasteiger partial charge in [-0.1, -0.05) is 54.6 Å². The number of nitrogens with zero attached hydrogens (tertiary/aromatic N) is 1. The van der Waals surface area contributed by atoms with Gasteiger partial charge in [-0.2, -0.15) is 0 Å². The standard InChI is InChI=1S/C27H32N2O3.HI/c1-20-25(17-26(32-20)23-7-5-4-6-8-23)27(30)28-18-21-9-11-22(12-10-21)19-29(2,3)24-13-15-31-16-14-24;/h4-12,17,24H,13-16,18-19H2,1-3H3;1H. The molecular formula is C27H33IN2O3. The van der Waals surface area contributed by atoms with Crippen molar-refractivity contribution in [3.8, 4) is 11.3 Å². The highest BCUT2D eigenvalue weighted by Crippen LogP contribution is 2.25. The van der Waals surface area contributed by atoms with Crippen molar-refractivity contribution in [2.75, 3.05) is 27.3 Å². The number of nitrogens with one attached hydrogen (secondary N) is 1. The molecule has 2 aromatic carbocycles. The number of halogens is 1. The molecule has 33 heavy (non-hydrogen) atoms. The minimum Gasteiger partial charge on any atom is -1.00 e. The third-order valence-electron chi connectivity index (χ3n) is 6.47. The molecule has 1 aromatic heterocycles. The Hall–Kier alpha value is -2.16. The van der Waals surface area contributed by atoms with Gasteiger partial charge in [0.05, 0.1) is 38.9 Å². The third kappa shape index (κ3) is 6.46. The van der Waals surface area contributed by atoms with Crippen LogP contribution >= 0.6 is 0 Å². The molecule has 0 unspecified atom stereocenters. The number of ether oxygens (including phenoxy) is 1. The van der Waals surface area contributed by atoms with Crippen LogP contribution in [0.3, 0.4) is 0 Å². The molecule has 1 amide bonds. The lowest BCUT2D eigenvalue weighted by Crippen LogP contribution is -3.00. The zero-order valence-corrected chi connectivity index (χ0v) is 21.8. The zero-order chi connectivity index (χ0) is 22.6. The summed E-state index contributed by atoms with van der Waals surface area (Å²) >= 11 is 0. The first-order valence-corrected chi connectivity index (χ1v) is 11.3. The minimum atomic E-state index is -0.116. The van der Waals surface area contributed by atoms with Crippen LogP contribution in [0.15, 0.2) is 65.1 Å². The molecule has 1 N–H and O–H groups in total. The number of hydrogen-bond acceptors (Lipinski definition) is 3. The molecule has 5 nitrogen and oxygen atoms in total. The number of benzene rings is 2. The van der Waals surface area contributed by atoms with Crippen molar-refractivity contribution in [3.05, 3.63) is 83.1 Å². The van der Waals surface area contributed by atoms with E-state index in [1.807, 2.05) is 43.3 Å². The highest BCUT2D eigenvalue weighted by molar-refractivity contribution is 5.96. The van der Waals surface area contributed by atoms with E-state index in [1.54, 1.807) is 0 Å². The van der Waals surface area contributed by atoms with E-state index in [0.29, 0.717) is 29.7 Å². The van der Waals surface area contributed by atoms with Crippen LogP contribution in [0, 0.1) is 6.92 Å². The predicted molar refractivity (Wildman–Crippen MR) is 126 cm³/mol. The summed E-state index contributed by atoms with van der Waals surface area (Å²) in [6.45, 7) is 5.05. The van der Waals surface area contributed by atoms with Crippen LogP contribution in [0.1, 0.15) is 40.1 Å². The Balaban J connectivity index is 0.00000306. The van der Waals surface area contributed by atoms with Gasteiger partial charge in [0.15, 0.2) is 0 Å². The summed E-state index contributed by atoms with van der Waals surface area (Å²) < 4.78 is 12.3. The number of carbonyl (C=O) groups is 1. The van der Waals surface area contributed by atoms with Gasteiger partial charge < -0.3 is 42.9 Å². The van der Waals surface area contributed by atoms with Gasteiger partial charge in [0.25, 0.3) is 5.91 Å². The van der Waals surface area contributed by atoms with Crippen LogP contribution in [-0.2, 0) is 17.8 Å². The van der Waals surface area contributed by atoms with E-state index in [2.05, 4.69) is 43.7 Å². The molecule has 1 aliphatic heterocycles. The Bertz CT molecular complexity index is 1040. The maximum atomic E-state index is 12.7.